The molecule has 0 aliphatic rings. The van der Waals surface area contributed by atoms with Gasteiger partial charge in [-0.2, -0.15) is 31.3 Å². The van der Waals surface area contributed by atoms with Crippen LogP contribution in [0, 0.1) is 0 Å². The van der Waals surface area contributed by atoms with E-state index in [2.05, 4.69) is 14.5 Å². The number of carbonyl (C=O) groups excluding carboxylic acids is 1. The van der Waals surface area contributed by atoms with Crippen LogP contribution in [0.25, 0.3) is 0 Å². The van der Waals surface area contributed by atoms with Crippen molar-refractivity contribution in [2.45, 2.75) is 24.9 Å². The van der Waals surface area contributed by atoms with Gasteiger partial charge in [-0.05, 0) is 13.0 Å². The number of pyridine rings is 1. The number of aromatic nitrogens is 1. The lowest BCUT2D eigenvalue weighted by molar-refractivity contribution is -0.249. The number of methoxy groups -OCH3 is 1. The Bertz CT molecular complexity index is 645. The first kappa shape index (κ1) is 20.6. The van der Waals surface area contributed by atoms with Crippen molar-refractivity contribution in [2.24, 2.45) is 0 Å². The van der Waals surface area contributed by atoms with Crippen molar-refractivity contribution in [1.29, 1.82) is 0 Å². The van der Waals surface area contributed by atoms with Crippen LogP contribution in [0.2, 0.25) is 0 Å². The van der Waals surface area contributed by atoms with Crippen LogP contribution in [0.4, 0.5) is 36.8 Å². The number of hydrogen-bond acceptors (Lipinski definition) is 6. The molecular weight excluding hydrogens is 364 g/mol. The Labute approximate surface area is 136 Å². The first-order valence-corrected chi connectivity index (χ1v) is 6.35. The molecule has 13 heteroatoms. The average molecular weight is 377 g/mol. The summed E-state index contributed by atoms with van der Waals surface area (Å²) in [5.74, 6) is -1.76. The number of nitrogens with zero attached hydrogens (tertiary/aromatic N) is 1. The first-order chi connectivity index (χ1) is 11.2. The van der Waals surface area contributed by atoms with Crippen molar-refractivity contribution in [2.75, 3.05) is 19.4 Å². The minimum atomic E-state index is -5.03. The topological polar surface area (TPSA) is 107 Å². The third kappa shape index (κ3) is 5.01. The molecule has 1 aromatic heterocycles. The summed E-state index contributed by atoms with van der Waals surface area (Å²) in [5.41, 5.74) is 0.00551. The van der Waals surface area contributed by atoms with Gasteiger partial charge in [-0.1, -0.05) is 0 Å². The zero-order valence-electron chi connectivity index (χ0n) is 12.7. The number of aliphatic hydroxyl groups is 1. The molecule has 7 nitrogen and oxygen atoms in total. The number of nitrogen functional groups attached to an aromatic ring is 1. The number of alkyl halides is 6. The Balaban J connectivity index is 2.92. The van der Waals surface area contributed by atoms with Gasteiger partial charge in [-0.15, -0.1) is 0 Å². The molecule has 0 aromatic carbocycles. The number of nitrogens with two attached hydrogens (primary N) is 1. The maximum atomic E-state index is 12.7. The molecule has 0 spiro atoms. The van der Waals surface area contributed by atoms with E-state index in [4.69, 9.17) is 10.8 Å². The third-order valence-corrected chi connectivity index (χ3v) is 2.86. The normalized spacial score (nSPS) is 14.6. The Morgan fingerprint density at radius 3 is 2.28 bits per heavy atom. The third-order valence-electron chi connectivity index (χ3n) is 2.86. The molecule has 1 heterocycles. The fraction of sp³-hybridized carbons (Fsp3) is 0.500. The lowest BCUT2D eigenvalue weighted by atomic mass is 10.1. The van der Waals surface area contributed by atoms with Gasteiger partial charge in [0, 0.05) is 0 Å². The highest BCUT2D eigenvalue weighted by atomic mass is 19.4. The molecule has 1 aromatic rings. The predicted molar refractivity (Wildman–Crippen MR) is 70.9 cm³/mol. The second-order valence-corrected chi connectivity index (χ2v) is 4.95. The summed E-state index contributed by atoms with van der Waals surface area (Å²) < 4.78 is 84.4. The van der Waals surface area contributed by atoms with Crippen molar-refractivity contribution < 1.29 is 45.7 Å². The van der Waals surface area contributed by atoms with Gasteiger partial charge in [0.05, 0.1) is 19.3 Å². The van der Waals surface area contributed by atoms with Crippen LogP contribution in [-0.2, 0) is 6.18 Å². The SMILES string of the molecule is COc1nc(OC(=O)NC[C@@](C)(O)C(F)(F)F)c(N)cc1C(F)(F)F. The van der Waals surface area contributed by atoms with Gasteiger partial charge in [0.1, 0.15) is 5.56 Å². The molecule has 0 radical (unpaired) electrons. The van der Waals surface area contributed by atoms with Gasteiger partial charge < -0.3 is 25.6 Å². The number of nitrogens with one attached hydrogen (secondary N) is 1. The number of hydrogen-bond donors (Lipinski definition) is 3. The minimum Gasteiger partial charge on any atom is -0.480 e. The molecule has 0 aliphatic heterocycles. The van der Waals surface area contributed by atoms with E-state index < -0.39 is 53.6 Å². The summed E-state index contributed by atoms with van der Waals surface area (Å²) in [6.45, 7) is -0.867. The van der Waals surface area contributed by atoms with Gasteiger partial charge >= 0.3 is 18.4 Å². The highest BCUT2D eigenvalue weighted by Gasteiger charge is 2.50. The Morgan fingerprint density at radius 2 is 1.84 bits per heavy atom. The average Bonchev–Trinajstić information content (AvgIpc) is 2.44. The van der Waals surface area contributed by atoms with E-state index >= 15 is 0 Å². The van der Waals surface area contributed by atoms with Crippen LogP contribution in [0.5, 0.6) is 11.8 Å². The summed E-state index contributed by atoms with van der Waals surface area (Å²) >= 11 is 0. The number of ether oxygens (including phenoxy) is 2. The summed E-state index contributed by atoms with van der Waals surface area (Å²) in [4.78, 5) is 14.7. The summed E-state index contributed by atoms with van der Waals surface area (Å²) in [6.07, 6.45) is -11.4. The number of amides is 1. The largest absolute Gasteiger partial charge is 0.480 e. The standard InChI is InChI=1S/C12H13F6N3O4/c1-10(23,12(16,17)18)4-20-9(22)25-8-6(19)3-5(11(13,14)15)7(21-8)24-2/h3,23H,4,19H2,1-2H3,(H,20,22)/t10-/m1/s1. The molecule has 0 fully saturated rings. The van der Waals surface area contributed by atoms with Crippen molar-refractivity contribution in [3.63, 3.8) is 0 Å². The van der Waals surface area contributed by atoms with E-state index in [1.807, 2.05) is 0 Å². The van der Waals surface area contributed by atoms with Crippen LogP contribution in [0.15, 0.2) is 6.07 Å². The minimum absolute atomic E-state index is 0.389. The van der Waals surface area contributed by atoms with E-state index in [1.54, 1.807) is 5.32 Å². The highest BCUT2D eigenvalue weighted by Crippen LogP contribution is 2.38. The van der Waals surface area contributed by atoms with Crippen molar-refractivity contribution in [1.82, 2.24) is 10.3 Å². The van der Waals surface area contributed by atoms with Gasteiger partial charge in [0.25, 0.3) is 5.88 Å². The van der Waals surface area contributed by atoms with Gasteiger partial charge in [-0.25, -0.2) is 4.79 Å². The monoisotopic (exact) mass is 377 g/mol. The summed E-state index contributed by atoms with van der Waals surface area (Å²) in [6, 6.07) is 0.389. The zero-order valence-corrected chi connectivity index (χ0v) is 12.7. The lowest BCUT2D eigenvalue weighted by Crippen LogP contribution is -2.51. The molecule has 142 valence electrons. The quantitative estimate of drug-likeness (QED) is 0.694. The molecule has 0 saturated carbocycles. The maximum Gasteiger partial charge on any atom is 0.421 e. The van der Waals surface area contributed by atoms with E-state index in [-0.39, 0.29) is 0 Å². The fourth-order valence-corrected chi connectivity index (χ4v) is 1.40. The van der Waals surface area contributed by atoms with Crippen LogP contribution in [0.3, 0.4) is 0 Å². The van der Waals surface area contributed by atoms with E-state index in [1.165, 1.54) is 0 Å². The molecule has 1 atom stereocenters. The zero-order chi connectivity index (χ0) is 19.6. The van der Waals surface area contributed by atoms with E-state index in [0.29, 0.717) is 13.0 Å². The molecule has 1 amide bonds. The molecule has 25 heavy (non-hydrogen) atoms. The van der Waals surface area contributed by atoms with Crippen LogP contribution >= 0.6 is 0 Å². The number of halogens is 6. The maximum absolute atomic E-state index is 12.7. The number of anilines is 1. The van der Waals surface area contributed by atoms with E-state index in [9.17, 15) is 31.1 Å². The predicted octanol–water partition coefficient (Wildman–Crippen LogP) is 2.09. The summed E-state index contributed by atoms with van der Waals surface area (Å²) in [5, 5.41) is 10.7. The Hall–Kier alpha value is -2.44. The van der Waals surface area contributed by atoms with Crippen molar-refractivity contribution >= 4 is 11.8 Å². The van der Waals surface area contributed by atoms with E-state index in [0.717, 1.165) is 7.11 Å². The molecule has 1 rings (SSSR count). The highest BCUT2D eigenvalue weighted by molar-refractivity contribution is 5.72. The van der Waals surface area contributed by atoms with Crippen LogP contribution in [-0.4, -0.2) is 41.6 Å². The molecule has 0 aliphatic carbocycles. The summed E-state index contributed by atoms with van der Waals surface area (Å²) in [7, 11) is 0.873. The number of rotatable bonds is 4. The second kappa shape index (κ2) is 6.82. The van der Waals surface area contributed by atoms with Gasteiger partial charge in [0.2, 0.25) is 5.88 Å². The second-order valence-electron chi connectivity index (χ2n) is 4.95. The lowest BCUT2D eigenvalue weighted by Gasteiger charge is -2.26. The first-order valence-electron chi connectivity index (χ1n) is 6.35. The van der Waals surface area contributed by atoms with Gasteiger partial charge in [0.15, 0.2) is 5.60 Å². The Kier molecular flexibility index (Phi) is 5.62. The van der Waals surface area contributed by atoms with Crippen molar-refractivity contribution in [3.8, 4) is 11.8 Å². The van der Waals surface area contributed by atoms with Crippen LogP contribution < -0.4 is 20.5 Å². The van der Waals surface area contributed by atoms with Crippen LogP contribution in [0.1, 0.15) is 12.5 Å². The van der Waals surface area contributed by atoms with Crippen molar-refractivity contribution in [3.05, 3.63) is 11.6 Å². The molecule has 0 saturated heterocycles. The van der Waals surface area contributed by atoms with Gasteiger partial charge in [-0.3, -0.25) is 0 Å². The molecule has 0 bridgehead atoms. The molecule has 0 unspecified atom stereocenters. The fourth-order valence-electron chi connectivity index (χ4n) is 1.40. The Morgan fingerprint density at radius 1 is 1.28 bits per heavy atom. The number of carbonyl (C=O) groups is 1. The molecule has 4 N–H and O–H groups in total. The molecular formula is C12H13F6N3O4. The smallest absolute Gasteiger partial charge is 0.421 e.